The lowest BCUT2D eigenvalue weighted by atomic mass is 10.1. The Morgan fingerprint density at radius 3 is 2.43 bits per heavy atom. The van der Waals surface area contributed by atoms with Gasteiger partial charge in [0.1, 0.15) is 5.82 Å². The van der Waals surface area contributed by atoms with Crippen molar-refractivity contribution >= 4 is 23.2 Å². The Hall–Kier alpha value is -2.89. The predicted octanol–water partition coefficient (Wildman–Crippen LogP) is 4.06. The van der Waals surface area contributed by atoms with Crippen LogP contribution in [0.5, 0.6) is 0 Å². The fraction of sp³-hybridized carbons (Fsp3) is 0.364. The van der Waals surface area contributed by atoms with Gasteiger partial charge < -0.3 is 15.5 Å². The molecular weight excluding hydrogens is 357 g/mol. The molecule has 2 amide bonds. The van der Waals surface area contributed by atoms with Gasteiger partial charge in [-0.15, -0.1) is 0 Å². The number of anilines is 2. The van der Waals surface area contributed by atoms with Gasteiger partial charge >= 0.3 is 0 Å². The van der Waals surface area contributed by atoms with Crippen molar-refractivity contribution in [3.05, 3.63) is 59.4 Å². The first kappa shape index (κ1) is 19.9. The third-order valence-corrected chi connectivity index (χ3v) is 4.74. The first-order valence-electron chi connectivity index (χ1n) is 9.69. The quantitative estimate of drug-likeness (QED) is 0.791. The van der Waals surface area contributed by atoms with Crippen LogP contribution in [0.2, 0.25) is 0 Å². The third-order valence-electron chi connectivity index (χ3n) is 4.74. The van der Waals surface area contributed by atoms with E-state index in [-0.39, 0.29) is 11.5 Å². The van der Waals surface area contributed by atoms with Crippen molar-refractivity contribution in [3.8, 4) is 0 Å². The van der Waals surface area contributed by atoms with Crippen LogP contribution < -0.4 is 15.5 Å². The molecule has 1 aliphatic rings. The fourth-order valence-electron chi connectivity index (χ4n) is 3.27. The Labute approximate surface area is 164 Å². The van der Waals surface area contributed by atoms with E-state index in [2.05, 4.69) is 15.5 Å². The second kappa shape index (κ2) is 8.87. The molecule has 2 aromatic rings. The van der Waals surface area contributed by atoms with Gasteiger partial charge in [-0.3, -0.25) is 9.59 Å². The summed E-state index contributed by atoms with van der Waals surface area (Å²) in [5, 5.41) is 5.64. The van der Waals surface area contributed by atoms with E-state index in [0.29, 0.717) is 23.7 Å². The Morgan fingerprint density at radius 1 is 1.04 bits per heavy atom. The summed E-state index contributed by atoms with van der Waals surface area (Å²) < 4.78 is 13.9. The van der Waals surface area contributed by atoms with Gasteiger partial charge in [-0.2, -0.15) is 0 Å². The summed E-state index contributed by atoms with van der Waals surface area (Å²) in [5.41, 5.74) is 1.82. The van der Waals surface area contributed by atoms with E-state index in [1.54, 1.807) is 18.2 Å². The van der Waals surface area contributed by atoms with Crippen LogP contribution in [0, 0.1) is 11.7 Å². The minimum Gasteiger partial charge on any atom is -0.371 e. The number of halogens is 1. The van der Waals surface area contributed by atoms with Gasteiger partial charge in [0.05, 0.1) is 11.1 Å². The predicted molar refractivity (Wildman–Crippen MR) is 109 cm³/mol. The second-order valence-corrected chi connectivity index (χ2v) is 7.46. The van der Waals surface area contributed by atoms with Crippen LogP contribution >= 0.6 is 0 Å². The SMILES string of the molecule is CC(C)CNC(=O)c1cc(NC(=O)c2ccccc2F)ccc1N1CCCC1. The van der Waals surface area contributed by atoms with E-state index in [4.69, 9.17) is 0 Å². The van der Waals surface area contributed by atoms with E-state index < -0.39 is 11.7 Å². The number of rotatable bonds is 6. The number of benzene rings is 2. The molecule has 0 spiro atoms. The number of hydrogen-bond acceptors (Lipinski definition) is 3. The highest BCUT2D eigenvalue weighted by Gasteiger charge is 2.21. The summed E-state index contributed by atoms with van der Waals surface area (Å²) in [5.74, 6) is -0.954. The fourth-order valence-corrected chi connectivity index (χ4v) is 3.27. The van der Waals surface area contributed by atoms with E-state index >= 15 is 0 Å². The molecule has 0 aromatic heterocycles. The third kappa shape index (κ3) is 4.68. The number of nitrogens with zero attached hydrogens (tertiary/aromatic N) is 1. The Bertz CT molecular complexity index is 861. The molecular formula is C22H26FN3O2. The molecule has 0 radical (unpaired) electrons. The van der Waals surface area contributed by atoms with Crippen molar-refractivity contribution in [2.75, 3.05) is 29.9 Å². The zero-order valence-electron chi connectivity index (χ0n) is 16.3. The van der Waals surface area contributed by atoms with Crippen LogP contribution in [0.15, 0.2) is 42.5 Å². The lowest BCUT2D eigenvalue weighted by molar-refractivity contribution is 0.0948. The molecule has 1 fully saturated rings. The van der Waals surface area contributed by atoms with Crippen molar-refractivity contribution in [1.29, 1.82) is 0 Å². The molecule has 0 saturated carbocycles. The van der Waals surface area contributed by atoms with Crippen LogP contribution in [-0.4, -0.2) is 31.4 Å². The monoisotopic (exact) mass is 383 g/mol. The molecule has 6 heteroatoms. The maximum Gasteiger partial charge on any atom is 0.258 e. The first-order chi connectivity index (χ1) is 13.5. The van der Waals surface area contributed by atoms with Gasteiger partial charge in [0, 0.05) is 31.0 Å². The van der Waals surface area contributed by atoms with Crippen LogP contribution in [0.25, 0.3) is 0 Å². The summed E-state index contributed by atoms with van der Waals surface area (Å²) in [6, 6.07) is 11.1. The molecule has 5 nitrogen and oxygen atoms in total. The topological polar surface area (TPSA) is 61.4 Å². The molecule has 148 valence electrons. The molecule has 1 heterocycles. The summed E-state index contributed by atoms with van der Waals surface area (Å²) in [6.45, 7) is 6.46. The van der Waals surface area contributed by atoms with Crippen molar-refractivity contribution in [2.45, 2.75) is 26.7 Å². The van der Waals surface area contributed by atoms with Gasteiger partial charge in [0.2, 0.25) is 0 Å². The molecule has 1 saturated heterocycles. The number of amides is 2. The smallest absolute Gasteiger partial charge is 0.258 e. The molecule has 1 aliphatic heterocycles. The van der Waals surface area contributed by atoms with Crippen molar-refractivity contribution < 1.29 is 14.0 Å². The Kier molecular flexibility index (Phi) is 6.29. The van der Waals surface area contributed by atoms with Crippen molar-refractivity contribution in [2.24, 2.45) is 5.92 Å². The molecule has 2 N–H and O–H groups in total. The van der Waals surface area contributed by atoms with E-state index in [1.165, 1.54) is 18.2 Å². The largest absolute Gasteiger partial charge is 0.371 e. The van der Waals surface area contributed by atoms with Gasteiger partial charge in [-0.05, 0) is 49.1 Å². The molecule has 0 atom stereocenters. The number of carbonyl (C=O) groups is 2. The maximum atomic E-state index is 13.9. The minimum absolute atomic E-state index is 0.0306. The standard InChI is InChI=1S/C22H26FN3O2/c1-15(2)14-24-21(27)18-13-16(9-10-20(18)26-11-5-6-12-26)25-22(28)17-7-3-4-8-19(17)23/h3-4,7-10,13,15H,5-6,11-12,14H2,1-2H3,(H,24,27)(H,25,28). The highest BCUT2D eigenvalue weighted by atomic mass is 19.1. The average Bonchev–Trinajstić information content (AvgIpc) is 3.21. The second-order valence-electron chi connectivity index (χ2n) is 7.46. The van der Waals surface area contributed by atoms with Crippen LogP contribution in [0.4, 0.5) is 15.8 Å². The molecule has 0 aliphatic carbocycles. The minimum atomic E-state index is -0.580. The lowest BCUT2D eigenvalue weighted by Crippen LogP contribution is -2.30. The molecule has 0 unspecified atom stereocenters. The van der Waals surface area contributed by atoms with Crippen LogP contribution in [0.1, 0.15) is 47.4 Å². The molecule has 2 aromatic carbocycles. The Morgan fingerprint density at radius 2 is 1.75 bits per heavy atom. The van der Waals surface area contributed by atoms with Gasteiger partial charge in [-0.25, -0.2) is 4.39 Å². The lowest BCUT2D eigenvalue weighted by Gasteiger charge is -2.22. The summed E-state index contributed by atoms with van der Waals surface area (Å²) in [7, 11) is 0. The van der Waals surface area contributed by atoms with E-state index in [0.717, 1.165) is 31.6 Å². The van der Waals surface area contributed by atoms with Gasteiger partial charge in [0.25, 0.3) is 11.8 Å². The normalized spacial score (nSPS) is 13.6. The number of hydrogen-bond donors (Lipinski definition) is 2. The summed E-state index contributed by atoms with van der Waals surface area (Å²) in [6.07, 6.45) is 2.19. The number of nitrogens with one attached hydrogen (secondary N) is 2. The molecule has 0 bridgehead atoms. The van der Waals surface area contributed by atoms with E-state index in [9.17, 15) is 14.0 Å². The highest BCUT2D eigenvalue weighted by Crippen LogP contribution is 2.28. The highest BCUT2D eigenvalue weighted by molar-refractivity contribution is 6.06. The van der Waals surface area contributed by atoms with Crippen LogP contribution in [0.3, 0.4) is 0 Å². The van der Waals surface area contributed by atoms with Gasteiger partial charge in [0.15, 0.2) is 0 Å². The van der Waals surface area contributed by atoms with Crippen molar-refractivity contribution in [1.82, 2.24) is 5.32 Å². The van der Waals surface area contributed by atoms with Gasteiger partial charge in [-0.1, -0.05) is 26.0 Å². The van der Waals surface area contributed by atoms with Crippen molar-refractivity contribution in [3.63, 3.8) is 0 Å². The molecule has 3 rings (SSSR count). The first-order valence-corrected chi connectivity index (χ1v) is 9.69. The summed E-state index contributed by atoms with van der Waals surface area (Å²) in [4.78, 5) is 27.4. The summed E-state index contributed by atoms with van der Waals surface area (Å²) >= 11 is 0. The van der Waals surface area contributed by atoms with E-state index in [1.807, 2.05) is 19.9 Å². The zero-order chi connectivity index (χ0) is 20.1. The number of carbonyl (C=O) groups excluding carboxylic acids is 2. The Balaban J connectivity index is 1.86. The average molecular weight is 383 g/mol. The van der Waals surface area contributed by atoms with Crippen LogP contribution in [-0.2, 0) is 0 Å². The zero-order valence-corrected chi connectivity index (χ0v) is 16.3. The molecule has 28 heavy (non-hydrogen) atoms. The maximum absolute atomic E-state index is 13.9.